The zero-order valence-electron chi connectivity index (χ0n) is 13.9. The van der Waals surface area contributed by atoms with E-state index in [4.69, 9.17) is 34.8 Å². The Morgan fingerprint density at radius 1 is 1.11 bits per heavy atom. The maximum absolute atomic E-state index is 13.0. The van der Waals surface area contributed by atoms with Gasteiger partial charge in [-0.3, -0.25) is 4.79 Å². The molecule has 0 aromatic heterocycles. The summed E-state index contributed by atoms with van der Waals surface area (Å²) >= 11 is 18.1. The zero-order valence-corrected chi connectivity index (χ0v) is 16.2. The van der Waals surface area contributed by atoms with Crippen LogP contribution in [0.2, 0.25) is 15.1 Å². The lowest BCUT2D eigenvalue weighted by Gasteiger charge is -2.26. The smallest absolute Gasteiger partial charge is 0.293 e. The number of alkyl halides is 3. The fraction of sp³-hybridized carbons (Fsp3) is 0.250. The van der Waals surface area contributed by atoms with Crippen molar-refractivity contribution in [3.8, 4) is 0 Å². The summed E-state index contributed by atoms with van der Waals surface area (Å²) in [7, 11) is 0. The van der Waals surface area contributed by atoms with Crippen LogP contribution in [0.3, 0.4) is 0 Å². The Morgan fingerprint density at radius 3 is 2.37 bits per heavy atom. The molecule has 0 heterocycles. The highest BCUT2D eigenvalue weighted by Gasteiger charge is 2.33. The highest BCUT2D eigenvalue weighted by Crippen LogP contribution is 2.40. The molecule has 1 aliphatic rings. The second kappa shape index (κ2) is 7.86. The predicted molar refractivity (Wildman–Crippen MR) is 103 cm³/mol. The summed E-state index contributed by atoms with van der Waals surface area (Å²) in [6.45, 7) is 0. The molecule has 0 radical (unpaired) electrons. The molecule has 0 saturated heterocycles. The molecule has 0 amide bonds. The Morgan fingerprint density at radius 2 is 1.74 bits per heavy atom. The van der Waals surface area contributed by atoms with Gasteiger partial charge >= 0.3 is 6.18 Å². The van der Waals surface area contributed by atoms with Crippen LogP contribution >= 0.6 is 34.8 Å². The van der Waals surface area contributed by atoms with Gasteiger partial charge in [0.1, 0.15) is 0 Å². The number of hydrogen-bond donors (Lipinski definition) is 0. The number of Topliss-reactive ketones (excluding diaryl/α,β-unsaturated/α-hetero) is 1. The maximum atomic E-state index is 13.0. The van der Waals surface area contributed by atoms with Gasteiger partial charge in [-0.1, -0.05) is 65.1 Å². The van der Waals surface area contributed by atoms with Crippen LogP contribution in [0.5, 0.6) is 0 Å². The molecule has 142 valence electrons. The van der Waals surface area contributed by atoms with Gasteiger partial charge in [0.15, 0.2) is 5.78 Å². The predicted octanol–water partition coefficient (Wildman–Crippen LogP) is 7.43. The van der Waals surface area contributed by atoms with Gasteiger partial charge in [-0.15, -0.1) is 0 Å². The zero-order chi connectivity index (χ0) is 19.8. The van der Waals surface area contributed by atoms with Crippen molar-refractivity contribution >= 4 is 46.2 Å². The van der Waals surface area contributed by atoms with Gasteiger partial charge in [0, 0.05) is 11.5 Å². The molecule has 1 aliphatic carbocycles. The van der Waals surface area contributed by atoms with Crippen LogP contribution in [0.15, 0.2) is 42.5 Å². The number of aryl methyl sites for hydroxylation is 1. The van der Waals surface area contributed by atoms with Crippen molar-refractivity contribution in [2.24, 2.45) is 5.92 Å². The first kappa shape index (κ1) is 20.2. The largest absolute Gasteiger partial charge is 0.392 e. The summed E-state index contributed by atoms with van der Waals surface area (Å²) in [6.07, 6.45) is -3.47. The molecule has 0 fully saturated rings. The lowest BCUT2D eigenvalue weighted by Crippen LogP contribution is -2.24. The molecule has 0 spiro atoms. The molecule has 3 rings (SSSR count). The SMILES string of the molecule is O=C1c2ccccc2CCC1/C(=C\CC(F)(F)F)c1cc(Cl)c(Cl)c(Cl)c1. The number of fused-ring (bicyclic) bond motifs is 1. The van der Waals surface area contributed by atoms with Crippen molar-refractivity contribution in [1.82, 2.24) is 0 Å². The maximum Gasteiger partial charge on any atom is 0.392 e. The fourth-order valence-corrected chi connectivity index (χ4v) is 3.90. The molecule has 1 nitrogen and oxygen atoms in total. The molecule has 1 unspecified atom stereocenters. The average molecular weight is 434 g/mol. The second-order valence-electron chi connectivity index (χ2n) is 6.35. The van der Waals surface area contributed by atoms with Crippen LogP contribution in [0.4, 0.5) is 13.2 Å². The molecule has 2 aromatic rings. The second-order valence-corrected chi connectivity index (χ2v) is 7.54. The van der Waals surface area contributed by atoms with E-state index in [2.05, 4.69) is 0 Å². The van der Waals surface area contributed by atoms with Crippen molar-refractivity contribution in [2.45, 2.75) is 25.4 Å². The van der Waals surface area contributed by atoms with Crippen molar-refractivity contribution in [3.63, 3.8) is 0 Å². The molecule has 0 aliphatic heterocycles. The van der Waals surface area contributed by atoms with Crippen LogP contribution in [0, 0.1) is 5.92 Å². The van der Waals surface area contributed by atoms with E-state index in [0.717, 1.165) is 11.6 Å². The van der Waals surface area contributed by atoms with E-state index in [1.807, 2.05) is 12.1 Å². The summed E-state index contributed by atoms with van der Waals surface area (Å²) in [6, 6.07) is 10.0. The van der Waals surface area contributed by atoms with Crippen molar-refractivity contribution in [3.05, 3.63) is 74.2 Å². The van der Waals surface area contributed by atoms with Crippen molar-refractivity contribution < 1.29 is 18.0 Å². The molecule has 2 aromatic carbocycles. The minimum Gasteiger partial charge on any atom is -0.293 e. The number of halogens is 6. The summed E-state index contributed by atoms with van der Waals surface area (Å²) in [4.78, 5) is 13.0. The Balaban J connectivity index is 2.08. The van der Waals surface area contributed by atoms with E-state index in [0.29, 0.717) is 24.0 Å². The first-order valence-corrected chi connectivity index (χ1v) is 9.34. The van der Waals surface area contributed by atoms with Crippen molar-refractivity contribution in [1.29, 1.82) is 0 Å². The normalized spacial score (nSPS) is 17.8. The van der Waals surface area contributed by atoms with Crippen LogP contribution in [-0.2, 0) is 6.42 Å². The van der Waals surface area contributed by atoms with Crippen LogP contribution < -0.4 is 0 Å². The number of allylic oxidation sites excluding steroid dienone is 2. The minimum atomic E-state index is -4.39. The summed E-state index contributed by atoms with van der Waals surface area (Å²) in [5.74, 6) is -0.900. The lowest BCUT2D eigenvalue weighted by molar-refractivity contribution is -0.124. The van der Waals surface area contributed by atoms with E-state index < -0.39 is 18.5 Å². The average Bonchev–Trinajstić information content (AvgIpc) is 2.60. The number of ketones is 1. The van der Waals surface area contributed by atoms with Crippen LogP contribution in [-0.4, -0.2) is 12.0 Å². The topological polar surface area (TPSA) is 17.1 Å². The number of rotatable bonds is 3. The molecule has 0 saturated carbocycles. The van der Waals surface area contributed by atoms with Gasteiger partial charge in [0.05, 0.1) is 21.5 Å². The van der Waals surface area contributed by atoms with E-state index in [1.54, 1.807) is 12.1 Å². The van der Waals surface area contributed by atoms with Gasteiger partial charge < -0.3 is 0 Å². The van der Waals surface area contributed by atoms with Crippen LogP contribution in [0.1, 0.15) is 34.3 Å². The van der Waals surface area contributed by atoms with Gasteiger partial charge in [-0.2, -0.15) is 13.2 Å². The highest BCUT2D eigenvalue weighted by molar-refractivity contribution is 6.48. The molecular weight excluding hydrogens is 420 g/mol. The summed E-state index contributed by atoms with van der Waals surface area (Å²) in [5, 5.41) is 0.374. The number of hydrogen-bond acceptors (Lipinski definition) is 1. The first-order valence-electron chi connectivity index (χ1n) is 8.21. The third-order valence-corrected chi connectivity index (χ3v) is 5.74. The fourth-order valence-electron chi connectivity index (χ4n) is 3.30. The van der Waals surface area contributed by atoms with Gasteiger partial charge in [-0.05, 0) is 41.7 Å². The standard InChI is InChI=1S/C20H14Cl3F3O/c21-16-9-12(10-17(22)18(16)23)13(7-8-20(24,25)26)15-6-5-11-3-1-2-4-14(11)19(15)27/h1-4,7,9-10,15H,5-6,8H2/b13-7-. The van der Waals surface area contributed by atoms with E-state index in [1.165, 1.54) is 12.1 Å². The number of carbonyl (C=O) groups is 1. The third-order valence-electron chi connectivity index (χ3n) is 4.55. The summed E-state index contributed by atoms with van der Waals surface area (Å²) < 4.78 is 38.6. The molecule has 7 heteroatoms. The summed E-state index contributed by atoms with van der Waals surface area (Å²) in [5.41, 5.74) is 2.09. The molecular formula is C20H14Cl3F3O. The molecule has 0 bridgehead atoms. The Bertz CT molecular complexity index is 896. The lowest BCUT2D eigenvalue weighted by atomic mass is 9.76. The molecule has 0 N–H and O–H groups in total. The minimum absolute atomic E-state index is 0.123. The van der Waals surface area contributed by atoms with E-state index in [9.17, 15) is 18.0 Å². The number of carbonyl (C=O) groups excluding carboxylic acids is 1. The van der Waals surface area contributed by atoms with E-state index >= 15 is 0 Å². The van der Waals surface area contributed by atoms with Gasteiger partial charge in [0.25, 0.3) is 0 Å². The number of benzene rings is 2. The Labute approximate surface area is 169 Å². The monoisotopic (exact) mass is 432 g/mol. The molecule has 1 atom stereocenters. The Hall–Kier alpha value is -1.49. The highest BCUT2D eigenvalue weighted by atomic mass is 35.5. The van der Waals surface area contributed by atoms with Gasteiger partial charge in [0.2, 0.25) is 0 Å². The van der Waals surface area contributed by atoms with Crippen LogP contribution in [0.25, 0.3) is 5.57 Å². The quantitative estimate of drug-likeness (QED) is 0.460. The Kier molecular flexibility index (Phi) is 5.90. The first-order chi connectivity index (χ1) is 12.7. The van der Waals surface area contributed by atoms with E-state index in [-0.39, 0.29) is 26.4 Å². The third kappa shape index (κ3) is 4.50. The van der Waals surface area contributed by atoms with Gasteiger partial charge in [-0.25, -0.2) is 0 Å². The molecule has 27 heavy (non-hydrogen) atoms. The van der Waals surface area contributed by atoms with Crippen molar-refractivity contribution in [2.75, 3.05) is 0 Å².